The Balaban J connectivity index is 1.59. The number of hydrogen-bond acceptors (Lipinski definition) is 6. The second-order valence-electron chi connectivity index (χ2n) is 6.40. The zero-order chi connectivity index (χ0) is 20.5. The van der Waals surface area contributed by atoms with Crippen molar-refractivity contribution in [3.63, 3.8) is 0 Å². The van der Waals surface area contributed by atoms with Crippen molar-refractivity contribution < 1.29 is 22.7 Å². The monoisotopic (exact) mass is 420 g/mol. The number of benzene rings is 2. The van der Waals surface area contributed by atoms with Crippen LogP contribution >= 0.6 is 11.3 Å². The minimum Gasteiger partial charge on any atom is -0.497 e. The quantitative estimate of drug-likeness (QED) is 0.662. The number of carbonyl (C=O) groups excluding carboxylic acids is 1. The second-order valence-corrected chi connectivity index (χ2v) is 7.38. The zero-order valence-electron chi connectivity index (χ0n) is 15.1. The van der Waals surface area contributed by atoms with Gasteiger partial charge < -0.3 is 15.4 Å². The van der Waals surface area contributed by atoms with Gasteiger partial charge in [0, 0.05) is 35.7 Å². The van der Waals surface area contributed by atoms with Gasteiger partial charge in [-0.25, -0.2) is 13.2 Å². The van der Waals surface area contributed by atoms with E-state index in [2.05, 4.69) is 20.8 Å². The second kappa shape index (κ2) is 7.70. The lowest BCUT2D eigenvalue weighted by atomic mass is 9.93. The van der Waals surface area contributed by atoms with Gasteiger partial charge >= 0.3 is 0 Å². The van der Waals surface area contributed by atoms with Gasteiger partial charge in [0.25, 0.3) is 0 Å². The molecule has 6 nitrogen and oxygen atoms in total. The minimum absolute atomic E-state index is 0.0543. The van der Waals surface area contributed by atoms with Crippen LogP contribution in [-0.4, -0.2) is 35.8 Å². The van der Waals surface area contributed by atoms with E-state index in [-0.39, 0.29) is 23.7 Å². The van der Waals surface area contributed by atoms with Gasteiger partial charge in [-0.1, -0.05) is 11.3 Å². The molecule has 1 unspecified atom stereocenters. The molecule has 2 atom stereocenters. The molecule has 1 fully saturated rings. The largest absolute Gasteiger partial charge is 0.497 e. The molecule has 3 aromatic rings. The van der Waals surface area contributed by atoms with Crippen LogP contribution in [0.5, 0.6) is 5.75 Å². The standard InChI is InChI=1S/C19H15F3N4O2S/c1-28-11-6-13(21)15(14(22)7-11)12-8-23-17(27)16(12)24-19-26-25-18(29-19)9-2-4-10(20)5-3-9/h2-7,12,16H,8H2,1H3,(H,23,27)(H,24,26)/t12?,16-/m1/s1. The molecule has 0 bridgehead atoms. The molecule has 29 heavy (non-hydrogen) atoms. The molecule has 0 spiro atoms. The van der Waals surface area contributed by atoms with E-state index in [1.807, 2.05) is 0 Å². The summed E-state index contributed by atoms with van der Waals surface area (Å²) >= 11 is 1.15. The molecule has 1 saturated heterocycles. The molecule has 1 aromatic heterocycles. The minimum atomic E-state index is -0.929. The Hall–Kier alpha value is -3.14. The first kappa shape index (κ1) is 19.2. The van der Waals surface area contributed by atoms with Gasteiger partial charge in [-0.2, -0.15) is 0 Å². The van der Waals surface area contributed by atoms with Crippen LogP contribution in [0.1, 0.15) is 11.5 Å². The van der Waals surface area contributed by atoms with E-state index in [1.165, 1.54) is 19.2 Å². The Labute approximate surface area is 167 Å². The highest BCUT2D eigenvalue weighted by Crippen LogP contribution is 2.34. The molecule has 0 saturated carbocycles. The Morgan fingerprint density at radius 2 is 1.83 bits per heavy atom. The number of nitrogens with one attached hydrogen (secondary N) is 2. The van der Waals surface area contributed by atoms with Gasteiger partial charge in [0.1, 0.15) is 34.3 Å². The van der Waals surface area contributed by atoms with Gasteiger partial charge in [-0.15, -0.1) is 10.2 Å². The van der Waals surface area contributed by atoms with Gasteiger partial charge in [-0.3, -0.25) is 4.79 Å². The van der Waals surface area contributed by atoms with Gasteiger partial charge in [0.2, 0.25) is 11.0 Å². The Morgan fingerprint density at radius 1 is 1.14 bits per heavy atom. The summed E-state index contributed by atoms with van der Waals surface area (Å²) in [4.78, 5) is 12.3. The summed E-state index contributed by atoms with van der Waals surface area (Å²) in [6.07, 6.45) is 0. The first-order valence-electron chi connectivity index (χ1n) is 8.63. The average Bonchev–Trinajstić information content (AvgIpc) is 3.30. The third-order valence-corrected chi connectivity index (χ3v) is 5.54. The Kier molecular flexibility index (Phi) is 5.10. The van der Waals surface area contributed by atoms with Crippen molar-refractivity contribution in [2.75, 3.05) is 19.0 Å². The molecule has 2 heterocycles. The molecule has 10 heteroatoms. The topological polar surface area (TPSA) is 76.1 Å². The number of carbonyl (C=O) groups is 1. The molecule has 2 aromatic carbocycles. The first-order chi connectivity index (χ1) is 14.0. The number of rotatable bonds is 5. The predicted octanol–water partition coefficient (Wildman–Crippen LogP) is 3.33. The number of methoxy groups -OCH3 is 1. The fourth-order valence-corrected chi connectivity index (χ4v) is 4.00. The molecule has 1 amide bonds. The molecular weight excluding hydrogens is 405 g/mol. The summed E-state index contributed by atoms with van der Waals surface area (Å²) < 4.78 is 47.0. The fourth-order valence-electron chi connectivity index (χ4n) is 3.21. The van der Waals surface area contributed by atoms with Crippen LogP contribution in [-0.2, 0) is 4.79 Å². The third kappa shape index (κ3) is 3.75. The highest BCUT2D eigenvalue weighted by atomic mass is 32.1. The van der Waals surface area contributed by atoms with E-state index in [9.17, 15) is 18.0 Å². The summed E-state index contributed by atoms with van der Waals surface area (Å²) in [6.45, 7) is 0.0697. The summed E-state index contributed by atoms with van der Waals surface area (Å²) in [5.41, 5.74) is 0.460. The van der Waals surface area contributed by atoms with Crippen LogP contribution < -0.4 is 15.4 Å². The van der Waals surface area contributed by atoms with E-state index < -0.39 is 29.5 Å². The van der Waals surface area contributed by atoms with Crippen LogP contribution in [0.4, 0.5) is 18.3 Å². The maximum absolute atomic E-state index is 14.5. The number of halogens is 3. The number of hydrogen-bond donors (Lipinski definition) is 2. The normalized spacial score (nSPS) is 18.6. The van der Waals surface area contributed by atoms with Crippen LogP contribution in [0.3, 0.4) is 0 Å². The molecule has 1 aliphatic heterocycles. The fraction of sp³-hybridized carbons (Fsp3) is 0.211. The number of aromatic nitrogens is 2. The van der Waals surface area contributed by atoms with Crippen molar-refractivity contribution in [1.82, 2.24) is 15.5 Å². The molecule has 0 radical (unpaired) electrons. The number of anilines is 1. The van der Waals surface area contributed by atoms with Crippen molar-refractivity contribution >= 4 is 22.4 Å². The van der Waals surface area contributed by atoms with Gasteiger partial charge in [-0.05, 0) is 24.3 Å². The van der Waals surface area contributed by atoms with E-state index in [1.54, 1.807) is 12.1 Å². The van der Waals surface area contributed by atoms with Crippen LogP contribution in [0.2, 0.25) is 0 Å². The van der Waals surface area contributed by atoms with Crippen molar-refractivity contribution in [3.05, 3.63) is 59.4 Å². The molecule has 2 N–H and O–H groups in total. The van der Waals surface area contributed by atoms with Crippen molar-refractivity contribution in [2.45, 2.75) is 12.0 Å². The molecule has 1 aliphatic rings. The summed E-state index contributed by atoms with van der Waals surface area (Å²) in [7, 11) is 1.31. The SMILES string of the molecule is COc1cc(F)c(C2CNC(=O)[C@@H]2Nc2nnc(-c3ccc(F)cc3)s2)c(F)c1. The number of nitrogens with zero attached hydrogens (tertiary/aromatic N) is 2. The lowest BCUT2D eigenvalue weighted by molar-refractivity contribution is -0.119. The van der Waals surface area contributed by atoms with Crippen LogP contribution in [0.25, 0.3) is 10.6 Å². The predicted molar refractivity (Wildman–Crippen MR) is 101 cm³/mol. The number of ether oxygens (including phenoxy) is 1. The highest BCUT2D eigenvalue weighted by molar-refractivity contribution is 7.18. The third-order valence-electron chi connectivity index (χ3n) is 4.64. The Bertz CT molecular complexity index is 1030. The Morgan fingerprint density at radius 3 is 2.48 bits per heavy atom. The lowest BCUT2D eigenvalue weighted by Gasteiger charge is -2.19. The van der Waals surface area contributed by atoms with E-state index in [0.717, 1.165) is 23.5 Å². The molecular formula is C19H15F3N4O2S. The molecule has 0 aliphatic carbocycles. The average molecular weight is 420 g/mol. The first-order valence-corrected chi connectivity index (χ1v) is 9.44. The lowest BCUT2D eigenvalue weighted by Crippen LogP contribution is -2.33. The number of amides is 1. The van der Waals surface area contributed by atoms with Crippen LogP contribution in [0, 0.1) is 17.5 Å². The maximum atomic E-state index is 14.5. The maximum Gasteiger partial charge on any atom is 0.243 e. The van der Waals surface area contributed by atoms with E-state index in [0.29, 0.717) is 15.7 Å². The van der Waals surface area contributed by atoms with Gasteiger partial charge in [0.05, 0.1) is 7.11 Å². The van der Waals surface area contributed by atoms with E-state index >= 15 is 0 Å². The summed E-state index contributed by atoms with van der Waals surface area (Å²) in [5, 5.41) is 14.4. The van der Waals surface area contributed by atoms with Crippen molar-refractivity contribution in [3.8, 4) is 16.3 Å². The zero-order valence-corrected chi connectivity index (χ0v) is 15.9. The van der Waals surface area contributed by atoms with Crippen molar-refractivity contribution in [2.24, 2.45) is 0 Å². The van der Waals surface area contributed by atoms with E-state index in [4.69, 9.17) is 4.74 Å². The smallest absolute Gasteiger partial charge is 0.243 e. The van der Waals surface area contributed by atoms with Crippen LogP contribution in [0.15, 0.2) is 36.4 Å². The summed E-state index contributed by atoms with van der Waals surface area (Å²) in [5.74, 6) is -3.09. The summed E-state index contributed by atoms with van der Waals surface area (Å²) in [6, 6.07) is 6.96. The molecule has 150 valence electrons. The molecule has 4 rings (SSSR count). The highest BCUT2D eigenvalue weighted by Gasteiger charge is 2.39. The van der Waals surface area contributed by atoms with Gasteiger partial charge in [0.15, 0.2) is 0 Å². The van der Waals surface area contributed by atoms with Crippen molar-refractivity contribution in [1.29, 1.82) is 0 Å².